The summed E-state index contributed by atoms with van der Waals surface area (Å²) < 4.78 is 32.7. The van der Waals surface area contributed by atoms with Crippen LogP contribution in [0.4, 0.5) is 0 Å². The molecule has 0 amide bonds. The van der Waals surface area contributed by atoms with Gasteiger partial charge in [-0.15, -0.1) is 0 Å². The number of carboxylic acids is 1. The van der Waals surface area contributed by atoms with Gasteiger partial charge in [0, 0.05) is 17.5 Å². The molecular weight excluding hydrogens is 330 g/mol. The Morgan fingerprint density at radius 2 is 2.18 bits per heavy atom. The molecule has 1 saturated carbocycles. The fourth-order valence-corrected chi connectivity index (χ4v) is 4.47. The maximum Gasteiger partial charge on any atom is 0.303 e. The number of halogens is 1. The number of carboxylic acid groups (broad SMARTS) is 1. The zero-order valence-corrected chi connectivity index (χ0v) is 13.7. The maximum atomic E-state index is 12.5. The molecule has 1 aromatic carbocycles. The van der Waals surface area contributed by atoms with Gasteiger partial charge in [0.25, 0.3) is 0 Å². The third-order valence-corrected chi connectivity index (χ3v) is 5.52. The monoisotopic (exact) mass is 347 g/mol. The Labute approximate surface area is 134 Å². The molecule has 2 rings (SSSR count). The SMILES string of the molecule is COc1ccc(Cl)cc1S(=O)(=O)N[C@@H]1CC[C@H](CC(=O)O)C1. The zero-order chi connectivity index (χ0) is 16.3. The van der Waals surface area contributed by atoms with E-state index in [-0.39, 0.29) is 29.0 Å². The molecule has 0 bridgehead atoms. The summed E-state index contributed by atoms with van der Waals surface area (Å²) in [6.07, 6.45) is 1.92. The number of benzene rings is 1. The average Bonchev–Trinajstić information content (AvgIpc) is 2.84. The number of hydrogen-bond acceptors (Lipinski definition) is 4. The Kier molecular flexibility index (Phi) is 5.31. The molecule has 0 spiro atoms. The second-order valence-corrected chi connectivity index (χ2v) is 7.51. The van der Waals surface area contributed by atoms with Gasteiger partial charge in [-0.05, 0) is 43.4 Å². The first-order valence-electron chi connectivity index (χ1n) is 6.89. The summed E-state index contributed by atoms with van der Waals surface area (Å²) in [6, 6.07) is 4.13. The van der Waals surface area contributed by atoms with Crippen molar-refractivity contribution in [1.82, 2.24) is 4.72 Å². The molecule has 0 heterocycles. The quantitative estimate of drug-likeness (QED) is 0.823. The van der Waals surface area contributed by atoms with E-state index >= 15 is 0 Å². The van der Waals surface area contributed by atoms with Gasteiger partial charge in [-0.2, -0.15) is 0 Å². The fraction of sp³-hybridized carbons (Fsp3) is 0.500. The Morgan fingerprint density at radius 1 is 1.45 bits per heavy atom. The first-order chi connectivity index (χ1) is 10.3. The molecule has 8 heteroatoms. The number of rotatable bonds is 6. The molecule has 0 unspecified atom stereocenters. The van der Waals surface area contributed by atoms with Crippen molar-refractivity contribution in [3.8, 4) is 5.75 Å². The minimum atomic E-state index is -3.77. The molecule has 2 N–H and O–H groups in total. The summed E-state index contributed by atoms with van der Waals surface area (Å²) in [7, 11) is -2.38. The molecule has 1 aliphatic rings. The van der Waals surface area contributed by atoms with Gasteiger partial charge in [0.15, 0.2) is 0 Å². The molecule has 0 aromatic heterocycles. The minimum Gasteiger partial charge on any atom is -0.495 e. The Balaban J connectivity index is 2.12. The van der Waals surface area contributed by atoms with Gasteiger partial charge in [0.05, 0.1) is 7.11 Å². The lowest BCUT2D eigenvalue weighted by atomic mass is 10.0. The van der Waals surface area contributed by atoms with Crippen LogP contribution in [0.5, 0.6) is 5.75 Å². The third kappa shape index (κ3) is 4.12. The van der Waals surface area contributed by atoms with Crippen LogP contribution in [0.25, 0.3) is 0 Å². The Morgan fingerprint density at radius 3 is 2.82 bits per heavy atom. The molecule has 1 aliphatic carbocycles. The molecule has 122 valence electrons. The Bertz CT molecular complexity index is 661. The molecule has 2 atom stereocenters. The van der Waals surface area contributed by atoms with E-state index in [0.717, 1.165) is 0 Å². The van der Waals surface area contributed by atoms with Crippen LogP contribution in [-0.4, -0.2) is 32.6 Å². The van der Waals surface area contributed by atoms with Gasteiger partial charge in [-0.3, -0.25) is 4.79 Å². The number of carbonyl (C=O) groups is 1. The van der Waals surface area contributed by atoms with Crippen LogP contribution < -0.4 is 9.46 Å². The summed E-state index contributed by atoms with van der Waals surface area (Å²) in [4.78, 5) is 10.7. The van der Waals surface area contributed by atoms with Gasteiger partial charge >= 0.3 is 5.97 Å². The number of aliphatic carboxylic acids is 1. The van der Waals surface area contributed by atoms with Gasteiger partial charge in [0.2, 0.25) is 10.0 Å². The highest BCUT2D eigenvalue weighted by atomic mass is 35.5. The molecule has 0 saturated heterocycles. The van der Waals surface area contributed by atoms with Crippen LogP contribution in [0.3, 0.4) is 0 Å². The number of hydrogen-bond donors (Lipinski definition) is 2. The van der Waals surface area contributed by atoms with Crippen LogP contribution in [0.2, 0.25) is 5.02 Å². The molecule has 22 heavy (non-hydrogen) atoms. The predicted molar refractivity (Wildman–Crippen MR) is 81.7 cm³/mol. The van der Waals surface area contributed by atoms with Crippen LogP contribution >= 0.6 is 11.6 Å². The summed E-state index contributed by atoms with van der Waals surface area (Å²) in [5, 5.41) is 9.10. The van der Waals surface area contributed by atoms with E-state index in [2.05, 4.69) is 4.72 Å². The van der Waals surface area contributed by atoms with Crippen molar-refractivity contribution in [3.63, 3.8) is 0 Å². The van der Waals surface area contributed by atoms with Crippen LogP contribution in [0.15, 0.2) is 23.1 Å². The van der Waals surface area contributed by atoms with Crippen molar-refractivity contribution in [2.24, 2.45) is 5.92 Å². The van der Waals surface area contributed by atoms with E-state index in [1.807, 2.05) is 0 Å². The molecular formula is C14H18ClNO5S. The molecule has 1 aromatic rings. The number of ether oxygens (including phenoxy) is 1. The summed E-state index contributed by atoms with van der Waals surface area (Å²) in [5.74, 6) is -0.631. The van der Waals surface area contributed by atoms with E-state index in [9.17, 15) is 13.2 Å². The summed E-state index contributed by atoms with van der Waals surface area (Å²) in [5.41, 5.74) is 0. The van der Waals surface area contributed by atoms with Gasteiger partial charge in [-0.25, -0.2) is 13.1 Å². The lowest BCUT2D eigenvalue weighted by Crippen LogP contribution is -2.33. The van der Waals surface area contributed by atoms with Gasteiger partial charge < -0.3 is 9.84 Å². The normalized spacial score (nSPS) is 21.7. The number of sulfonamides is 1. The van der Waals surface area contributed by atoms with E-state index < -0.39 is 16.0 Å². The lowest BCUT2D eigenvalue weighted by Gasteiger charge is -2.15. The Hall–Kier alpha value is -1.31. The molecule has 1 fully saturated rings. The highest BCUT2D eigenvalue weighted by Crippen LogP contribution is 2.31. The van der Waals surface area contributed by atoms with E-state index in [4.69, 9.17) is 21.4 Å². The van der Waals surface area contributed by atoms with Crippen LogP contribution in [0.1, 0.15) is 25.7 Å². The van der Waals surface area contributed by atoms with Gasteiger partial charge in [0.1, 0.15) is 10.6 Å². The van der Waals surface area contributed by atoms with Crippen molar-refractivity contribution in [1.29, 1.82) is 0 Å². The maximum absolute atomic E-state index is 12.5. The standard InChI is InChI=1S/C14H18ClNO5S/c1-21-12-5-3-10(15)8-13(12)22(19,20)16-11-4-2-9(6-11)7-14(17)18/h3,5,8-9,11,16H,2,4,6-7H2,1H3,(H,17,18)/t9-,11+/m0/s1. The smallest absolute Gasteiger partial charge is 0.303 e. The predicted octanol–water partition coefficient (Wildman–Crippen LogP) is 2.27. The summed E-state index contributed by atoms with van der Waals surface area (Å²) in [6.45, 7) is 0. The minimum absolute atomic E-state index is 0.00598. The van der Waals surface area contributed by atoms with E-state index in [0.29, 0.717) is 24.3 Å². The largest absolute Gasteiger partial charge is 0.495 e. The number of methoxy groups -OCH3 is 1. The second-order valence-electron chi connectivity index (χ2n) is 5.39. The number of nitrogens with one attached hydrogen (secondary N) is 1. The van der Waals surface area contributed by atoms with Crippen molar-refractivity contribution < 1.29 is 23.1 Å². The highest BCUT2D eigenvalue weighted by molar-refractivity contribution is 7.89. The zero-order valence-electron chi connectivity index (χ0n) is 12.1. The first-order valence-corrected chi connectivity index (χ1v) is 8.75. The lowest BCUT2D eigenvalue weighted by molar-refractivity contribution is -0.138. The van der Waals surface area contributed by atoms with E-state index in [1.54, 1.807) is 6.07 Å². The van der Waals surface area contributed by atoms with Crippen LogP contribution in [0, 0.1) is 5.92 Å². The first kappa shape index (κ1) is 17.1. The van der Waals surface area contributed by atoms with Crippen molar-refractivity contribution >= 4 is 27.6 Å². The third-order valence-electron chi connectivity index (χ3n) is 3.74. The molecule has 0 aliphatic heterocycles. The van der Waals surface area contributed by atoms with Crippen molar-refractivity contribution in [2.45, 2.75) is 36.6 Å². The molecule has 0 radical (unpaired) electrons. The van der Waals surface area contributed by atoms with Gasteiger partial charge in [-0.1, -0.05) is 11.6 Å². The van der Waals surface area contributed by atoms with Crippen molar-refractivity contribution in [2.75, 3.05) is 7.11 Å². The highest BCUT2D eigenvalue weighted by Gasteiger charge is 2.31. The van der Waals surface area contributed by atoms with Crippen LogP contribution in [-0.2, 0) is 14.8 Å². The molecule has 6 nitrogen and oxygen atoms in total. The second kappa shape index (κ2) is 6.85. The summed E-state index contributed by atoms with van der Waals surface area (Å²) >= 11 is 5.86. The van der Waals surface area contributed by atoms with E-state index in [1.165, 1.54) is 19.2 Å². The average molecular weight is 348 g/mol. The fourth-order valence-electron chi connectivity index (χ4n) is 2.76. The van der Waals surface area contributed by atoms with Crippen molar-refractivity contribution in [3.05, 3.63) is 23.2 Å². The topological polar surface area (TPSA) is 92.7 Å².